The SMILES string of the molecule is CC1CCN(S(=O)(=O)C2CCCNC2)C1. The first-order valence-electron chi connectivity index (χ1n) is 5.80. The van der Waals surface area contributed by atoms with E-state index in [-0.39, 0.29) is 5.25 Å². The van der Waals surface area contributed by atoms with Crippen molar-refractivity contribution in [3.63, 3.8) is 0 Å². The van der Waals surface area contributed by atoms with Crippen LogP contribution in [0.15, 0.2) is 0 Å². The maximum atomic E-state index is 12.2. The van der Waals surface area contributed by atoms with Crippen LogP contribution in [0.5, 0.6) is 0 Å². The minimum absolute atomic E-state index is 0.184. The lowest BCUT2D eigenvalue weighted by atomic mass is 10.2. The predicted octanol–water partition coefficient (Wildman–Crippen LogP) is 0.410. The lowest BCUT2D eigenvalue weighted by molar-refractivity contribution is 0.428. The van der Waals surface area contributed by atoms with Crippen LogP contribution in [-0.4, -0.2) is 44.2 Å². The van der Waals surface area contributed by atoms with Gasteiger partial charge in [-0.25, -0.2) is 12.7 Å². The second-order valence-corrected chi connectivity index (χ2v) is 6.98. The molecule has 2 unspecified atom stereocenters. The Kier molecular flexibility index (Phi) is 3.33. The van der Waals surface area contributed by atoms with Crippen molar-refractivity contribution in [3.05, 3.63) is 0 Å². The quantitative estimate of drug-likeness (QED) is 0.750. The highest BCUT2D eigenvalue weighted by molar-refractivity contribution is 7.89. The molecular formula is C10H20N2O2S. The summed E-state index contributed by atoms with van der Waals surface area (Å²) in [6.07, 6.45) is 2.81. The highest BCUT2D eigenvalue weighted by Gasteiger charge is 2.36. The van der Waals surface area contributed by atoms with E-state index < -0.39 is 10.0 Å². The van der Waals surface area contributed by atoms with Crippen LogP contribution in [0, 0.1) is 5.92 Å². The van der Waals surface area contributed by atoms with Crippen molar-refractivity contribution in [2.24, 2.45) is 5.92 Å². The highest BCUT2D eigenvalue weighted by Crippen LogP contribution is 2.23. The van der Waals surface area contributed by atoms with Crippen LogP contribution in [0.4, 0.5) is 0 Å². The van der Waals surface area contributed by atoms with Gasteiger partial charge in [-0.1, -0.05) is 6.92 Å². The molecule has 2 fully saturated rings. The van der Waals surface area contributed by atoms with Crippen LogP contribution in [0.2, 0.25) is 0 Å². The minimum Gasteiger partial charge on any atom is -0.315 e. The summed E-state index contributed by atoms with van der Waals surface area (Å²) >= 11 is 0. The van der Waals surface area contributed by atoms with Gasteiger partial charge in [-0.2, -0.15) is 0 Å². The standard InChI is InChI=1S/C10H20N2O2S/c1-9-4-6-12(8-9)15(13,14)10-3-2-5-11-7-10/h9-11H,2-8H2,1H3. The Hall–Kier alpha value is -0.130. The van der Waals surface area contributed by atoms with E-state index in [1.54, 1.807) is 4.31 Å². The molecule has 2 heterocycles. The Labute approximate surface area is 92.1 Å². The summed E-state index contributed by atoms with van der Waals surface area (Å²) in [6.45, 7) is 5.16. The minimum atomic E-state index is -3.02. The number of hydrogen-bond acceptors (Lipinski definition) is 3. The van der Waals surface area contributed by atoms with Crippen molar-refractivity contribution in [2.75, 3.05) is 26.2 Å². The third kappa shape index (κ3) is 2.34. The number of nitrogens with one attached hydrogen (secondary N) is 1. The molecule has 2 rings (SSSR count). The van der Waals surface area contributed by atoms with E-state index in [1.165, 1.54) is 0 Å². The van der Waals surface area contributed by atoms with Crippen LogP contribution in [0.3, 0.4) is 0 Å². The number of sulfonamides is 1. The third-order valence-electron chi connectivity index (χ3n) is 3.42. The zero-order chi connectivity index (χ0) is 10.9. The second kappa shape index (κ2) is 4.39. The maximum Gasteiger partial charge on any atom is 0.218 e. The molecule has 0 aromatic rings. The molecule has 0 bridgehead atoms. The van der Waals surface area contributed by atoms with Gasteiger partial charge in [-0.15, -0.1) is 0 Å². The fraction of sp³-hybridized carbons (Fsp3) is 1.00. The molecule has 0 aromatic heterocycles. The molecule has 0 aliphatic carbocycles. The van der Waals surface area contributed by atoms with Gasteiger partial charge in [0.25, 0.3) is 0 Å². The third-order valence-corrected chi connectivity index (χ3v) is 5.72. The fourth-order valence-corrected chi connectivity index (χ4v) is 4.45. The molecule has 2 aliphatic heterocycles. The Morgan fingerprint density at radius 3 is 2.67 bits per heavy atom. The van der Waals surface area contributed by atoms with Gasteiger partial charge in [-0.05, 0) is 31.7 Å². The summed E-state index contributed by atoms with van der Waals surface area (Å²) in [7, 11) is -3.02. The van der Waals surface area contributed by atoms with Crippen molar-refractivity contribution in [1.29, 1.82) is 0 Å². The van der Waals surface area contributed by atoms with Crippen LogP contribution in [0.25, 0.3) is 0 Å². The summed E-state index contributed by atoms with van der Waals surface area (Å²) in [6, 6.07) is 0. The molecule has 2 atom stereocenters. The largest absolute Gasteiger partial charge is 0.315 e. The van der Waals surface area contributed by atoms with Gasteiger partial charge < -0.3 is 5.32 Å². The highest BCUT2D eigenvalue weighted by atomic mass is 32.2. The average molecular weight is 232 g/mol. The number of piperidine rings is 1. The Bertz CT molecular complexity index is 299. The summed E-state index contributed by atoms with van der Waals surface area (Å²) in [4.78, 5) is 0. The van der Waals surface area contributed by atoms with E-state index in [0.717, 1.165) is 38.9 Å². The van der Waals surface area contributed by atoms with E-state index >= 15 is 0 Å². The number of hydrogen-bond donors (Lipinski definition) is 1. The van der Waals surface area contributed by atoms with Gasteiger partial charge in [0.2, 0.25) is 10.0 Å². The van der Waals surface area contributed by atoms with Crippen LogP contribution in [-0.2, 0) is 10.0 Å². The van der Waals surface area contributed by atoms with Gasteiger partial charge in [0.05, 0.1) is 5.25 Å². The molecule has 88 valence electrons. The van der Waals surface area contributed by atoms with Gasteiger partial charge in [0.15, 0.2) is 0 Å². The average Bonchev–Trinajstić information content (AvgIpc) is 2.67. The lowest BCUT2D eigenvalue weighted by Crippen LogP contribution is -2.45. The first-order chi connectivity index (χ1) is 7.10. The van der Waals surface area contributed by atoms with Gasteiger partial charge in [0.1, 0.15) is 0 Å². The van der Waals surface area contributed by atoms with E-state index in [4.69, 9.17) is 0 Å². The van der Waals surface area contributed by atoms with Gasteiger partial charge in [-0.3, -0.25) is 0 Å². The molecule has 2 aliphatic rings. The van der Waals surface area contributed by atoms with E-state index in [2.05, 4.69) is 12.2 Å². The van der Waals surface area contributed by atoms with Crippen molar-refractivity contribution in [2.45, 2.75) is 31.4 Å². The molecule has 5 heteroatoms. The van der Waals surface area contributed by atoms with E-state index in [1.807, 2.05) is 0 Å². The molecule has 0 saturated carbocycles. The van der Waals surface area contributed by atoms with Crippen molar-refractivity contribution in [3.8, 4) is 0 Å². The van der Waals surface area contributed by atoms with E-state index in [9.17, 15) is 8.42 Å². The Balaban J connectivity index is 2.05. The molecular weight excluding hydrogens is 212 g/mol. The van der Waals surface area contributed by atoms with Crippen molar-refractivity contribution in [1.82, 2.24) is 9.62 Å². The summed E-state index contributed by atoms with van der Waals surface area (Å²) in [5.74, 6) is 0.524. The van der Waals surface area contributed by atoms with Gasteiger partial charge >= 0.3 is 0 Å². The lowest BCUT2D eigenvalue weighted by Gasteiger charge is -2.27. The predicted molar refractivity (Wildman–Crippen MR) is 60.2 cm³/mol. The Morgan fingerprint density at radius 2 is 2.13 bits per heavy atom. The maximum absolute atomic E-state index is 12.2. The van der Waals surface area contributed by atoms with Crippen LogP contribution >= 0.6 is 0 Å². The zero-order valence-corrected chi connectivity index (χ0v) is 10.1. The Morgan fingerprint density at radius 1 is 1.33 bits per heavy atom. The molecule has 0 aromatic carbocycles. The summed E-state index contributed by atoms with van der Waals surface area (Å²) < 4.78 is 26.1. The number of nitrogens with zero attached hydrogens (tertiary/aromatic N) is 1. The number of rotatable bonds is 2. The molecule has 0 radical (unpaired) electrons. The smallest absolute Gasteiger partial charge is 0.218 e. The van der Waals surface area contributed by atoms with E-state index in [0.29, 0.717) is 12.5 Å². The molecule has 0 spiro atoms. The summed E-state index contributed by atoms with van der Waals surface area (Å²) in [5, 5.41) is 2.99. The topological polar surface area (TPSA) is 49.4 Å². The molecule has 15 heavy (non-hydrogen) atoms. The fourth-order valence-electron chi connectivity index (χ4n) is 2.41. The normalized spacial score (nSPS) is 34.5. The van der Waals surface area contributed by atoms with Crippen molar-refractivity contribution < 1.29 is 8.42 Å². The van der Waals surface area contributed by atoms with Crippen LogP contribution < -0.4 is 5.32 Å². The zero-order valence-electron chi connectivity index (χ0n) is 9.28. The van der Waals surface area contributed by atoms with Gasteiger partial charge in [0, 0.05) is 19.6 Å². The molecule has 2 saturated heterocycles. The molecule has 4 nitrogen and oxygen atoms in total. The molecule has 0 amide bonds. The first kappa shape index (κ1) is 11.4. The first-order valence-corrected chi connectivity index (χ1v) is 7.30. The van der Waals surface area contributed by atoms with Crippen LogP contribution in [0.1, 0.15) is 26.2 Å². The molecule has 1 N–H and O–H groups in total. The second-order valence-electron chi connectivity index (χ2n) is 4.77. The van der Waals surface area contributed by atoms with Crippen molar-refractivity contribution >= 4 is 10.0 Å². The monoisotopic (exact) mass is 232 g/mol. The summed E-state index contributed by atoms with van der Waals surface area (Å²) in [5.41, 5.74) is 0.